The number of nitrogens with one attached hydrogen (secondary N) is 1. The van der Waals surface area contributed by atoms with Gasteiger partial charge in [-0.15, -0.1) is 0 Å². The highest BCUT2D eigenvalue weighted by Crippen LogP contribution is 2.30. The van der Waals surface area contributed by atoms with Crippen LogP contribution in [0.25, 0.3) is 0 Å². The van der Waals surface area contributed by atoms with Crippen molar-refractivity contribution in [1.29, 1.82) is 0 Å². The molecule has 2 rings (SSSR count). The van der Waals surface area contributed by atoms with E-state index in [2.05, 4.69) is 15.5 Å². The monoisotopic (exact) mass is 372 g/mol. The number of hydrogen-bond donors (Lipinski definition) is 2. The lowest BCUT2D eigenvalue weighted by atomic mass is 10.1. The van der Waals surface area contributed by atoms with E-state index in [1.54, 1.807) is 6.92 Å². The maximum atomic E-state index is 12.3. The highest BCUT2D eigenvalue weighted by molar-refractivity contribution is 7.91. The van der Waals surface area contributed by atoms with Crippen molar-refractivity contribution in [2.24, 2.45) is 11.7 Å². The number of aryl methyl sites for hydroxylation is 1. The molecule has 1 fully saturated rings. The van der Waals surface area contributed by atoms with Gasteiger partial charge in [0.15, 0.2) is 15.7 Å². The van der Waals surface area contributed by atoms with E-state index in [-0.39, 0.29) is 24.0 Å². The summed E-state index contributed by atoms with van der Waals surface area (Å²) >= 11 is 0. The highest BCUT2D eigenvalue weighted by Gasteiger charge is 2.32. The molecule has 0 spiro atoms. The number of carbonyl (C=O) groups excluding carboxylic acids is 2. The second-order valence-electron chi connectivity index (χ2n) is 6.33. The summed E-state index contributed by atoms with van der Waals surface area (Å²) in [6.07, 6.45) is 2.60. The standard InChI is InChI=1S/C15H24N4O5S/c1-3-11(13(20)15-18-12(4-2)19-24-15)17-14(21)10(16)8-25(22,23)7-9-5-6-9/h9-11H,3-8,16H2,1-2H3,(H,17,21). The third-order valence-electron chi connectivity index (χ3n) is 3.99. The fourth-order valence-electron chi connectivity index (χ4n) is 2.34. The Kier molecular flexibility index (Phi) is 6.28. The third kappa shape index (κ3) is 5.60. The normalized spacial score (nSPS) is 17.1. The Morgan fingerprint density at radius 2 is 2.04 bits per heavy atom. The highest BCUT2D eigenvalue weighted by atomic mass is 32.2. The maximum absolute atomic E-state index is 12.3. The maximum Gasteiger partial charge on any atom is 0.296 e. The van der Waals surface area contributed by atoms with Crippen LogP contribution in [0.1, 0.15) is 49.6 Å². The summed E-state index contributed by atoms with van der Waals surface area (Å²) < 4.78 is 28.8. The Morgan fingerprint density at radius 1 is 1.36 bits per heavy atom. The molecule has 0 aliphatic heterocycles. The van der Waals surface area contributed by atoms with Crippen molar-refractivity contribution >= 4 is 21.5 Å². The Bertz CT molecular complexity index is 726. The molecular formula is C15H24N4O5S. The molecule has 140 valence electrons. The molecule has 0 bridgehead atoms. The molecule has 1 aliphatic carbocycles. The van der Waals surface area contributed by atoms with Gasteiger partial charge >= 0.3 is 0 Å². The van der Waals surface area contributed by atoms with Gasteiger partial charge < -0.3 is 15.6 Å². The smallest absolute Gasteiger partial charge is 0.296 e. The molecule has 1 aromatic rings. The molecule has 1 saturated carbocycles. The third-order valence-corrected chi connectivity index (χ3v) is 5.84. The lowest BCUT2D eigenvalue weighted by Gasteiger charge is -2.17. The molecule has 0 aromatic carbocycles. The van der Waals surface area contributed by atoms with Gasteiger partial charge in [-0.3, -0.25) is 9.59 Å². The second-order valence-corrected chi connectivity index (χ2v) is 8.48. The lowest BCUT2D eigenvalue weighted by Crippen LogP contribution is -2.50. The molecule has 10 heteroatoms. The predicted molar refractivity (Wildman–Crippen MR) is 89.6 cm³/mol. The van der Waals surface area contributed by atoms with Crippen LogP contribution in [-0.4, -0.2) is 53.8 Å². The van der Waals surface area contributed by atoms with Crippen molar-refractivity contribution in [2.75, 3.05) is 11.5 Å². The van der Waals surface area contributed by atoms with Crippen molar-refractivity contribution < 1.29 is 22.5 Å². The Hall–Kier alpha value is -1.81. The molecular weight excluding hydrogens is 348 g/mol. The fourth-order valence-corrected chi connectivity index (χ4v) is 4.23. The van der Waals surface area contributed by atoms with Crippen LogP contribution in [0.2, 0.25) is 0 Å². The molecule has 2 unspecified atom stereocenters. The van der Waals surface area contributed by atoms with Gasteiger partial charge in [-0.05, 0) is 25.2 Å². The largest absolute Gasteiger partial charge is 0.344 e. The molecule has 1 aliphatic rings. The van der Waals surface area contributed by atoms with E-state index < -0.39 is 39.4 Å². The van der Waals surface area contributed by atoms with Crippen molar-refractivity contribution in [2.45, 2.75) is 51.6 Å². The van der Waals surface area contributed by atoms with Crippen LogP contribution in [0.15, 0.2) is 4.52 Å². The molecule has 2 atom stereocenters. The number of nitrogens with zero attached hydrogens (tertiary/aromatic N) is 2. The van der Waals surface area contributed by atoms with E-state index in [9.17, 15) is 18.0 Å². The van der Waals surface area contributed by atoms with Crippen LogP contribution < -0.4 is 11.1 Å². The van der Waals surface area contributed by atoms with Crippen molar-refractivity contribution in [1.82, 2.24) is 15.5 Å². The van der Waals surface area contributed by atoms with Crippen LogP contribution in [-0.2, 0) is 21.1 Å². The summed E-state index contributed by atoms with van der Waals surface area (Å²) in [4.78, 5) is 28.4. The number of Topliss-reactive ketones (excluding diaryl/α,β-unsaturated/α-hetero) is 1. The average molecular weight is 372 g/mol. The fraction of sp³-hybridized carbons (Fsp3) is 0.733. The summed E-state index contributed by atoms with van der Waals surface area (Å²) in [6.45, 7) is 3.52. The van der Waals surface area contributed by atoms with Crippen LogP contribution >= 0.6 is 0 Å². The molecule has 1 heterocycles. The molecule has 0 radical (unpaired) electrons. The van der Waals surface area contributed by atoms with E-state index in [4.69, 9.17) is 10.3 Å². The first kappa shape index (κ1) is 19.5. The minimum absolute atomic E-state index is 0.0614. The predicted octanol–water partition coefficient (Wildman–Crippen LogP) is -0.138. The van der Waals surface area contributed by atoms with Gasteiger partial charge in [0.25, 0.3) is 5.89 Å². The average Bonchev–Trinajstić information content (AvgIpc) is 3.22. The number of amides is 1. The van der Waals surface area contributed by atoms with E-state index >= 15 is 0 Å². The van der Waals surface area contributed by atoms with E-state index in [1.165, 1.54) is 0 Å². The van der Waals surface area contributed by atoms with Gasteiger partial charge in [-0.25, -0.2) is 8.42 Å². The van der Waals surface area contributed by atoms with Gasteiger partial charge in [0.05, 0.1) is 23.6 Å². The zero-order valence-corrected chi connectivity index (χ0v) is 15.2. The first-order chi connectivity index (χ1) is 11.8. The van der Waals surface area contributed by atoms with Gasteiger partial charge in [0.1, 0.15) is 0 Å². The van der Waals surface area contributed by atoms with Crippen LogP contribution in [0.5, 0.6) is 0 Å². The van der Waals surface area contributed by atoms with Crippen molar-refractivity contribution in [3.8, 4) is 0 Å². The van der Waals surface area contributed by atoms with Crippen LogP contribution in [0.4, 0.5) is 0 Å². The van der Waals surface area contributed by atoms with E-state index in [1.807, 2.05) is 6.92 Å². The second kappa shape index (κ2) is 8.05. The first-order valence-electron chi connectivity index (χ1n) is 8.38. The molecule has 9 nitrogen and oxygen atoms in total. The summed E-state index contributed by atoms with van der Waals surface area (Å²) in [6, 6.07) is -2.12. The van der Waals surface area contributed by atoms with Gasteiger partial charge in [-0.2, -0.15) is 4.98 Å². The number of hydrogen-bond acceptors (Lipinski definition) is 8. The number of rotatable bonds is 10. The van der Waals surface area contributed by atoms with E-state index in [0.29, 0.717) is 12.2 Å². The molecule has 0 saturated heterocycles. The number of nitrogens with two attached hydrogens (primary N) is 1. The summed E-state index contributed by atoms with van der Waals surface area (Å²) in [7, 11) is -3.39. The zero-order chi connectivity index (χ0) is 18.6. The molecule has 1 amide bonds. The van der Waals surface area contributed by atoms with Crippen LogP contribution in [0, 0.1) is 5.92 Å². The molecule has 3 N–H and O–H groups in total. The molecule has 25 heavy (non-hydrogen) atoms. The Balaban J connectivity index is 1.94. The number of ketones is 1. The Morgan fingerprint density at radius 3 is 2.56 bits per heavy atom. The number of carbonyl (C=O) groups is 2. The van der Waals surface area contributed by atoms with E-state index in [0.717, 1.165) is 12.8 Å². The number of sulfone groups is 1. The summed E-state index contributed by atoms with van der Waals surface area (Å²) in [5.41, 5.74) is 5.71. The summed E-state index contributed by atoms with van der Waals surface area (Å²) in [5, 5.41) is 6.12. The summed E-state index contributed by atoms with van der Waals surface area (Å²) in [5.74, 6) is -1.17. The number of aromatic nitrogens is 2. The van der Waals surface area contributed by atoms with Crippen LogP contribution in [0.3, 0.4) is 0 Å². The first-order valence-corrected chi connectivity index (χ1v) is 10.2. The quantitative estimate of drug-likeness (QED) is 0.540. The Labute approximate surface area is 146 Å². The molecule has 1 aromatic heterocycles. The minimum Gasteiger partial charge on any atom is -0.344 e. The van der Waals surface area contributed by atoms with Gasteiger partial charge in [-0.1, -0.05) is 19.0 Å². The minimum atomic E-state index is -3.39. The van der Waals surface area contributed by atoms with Gasteiger partial charge in [0, 0.05) is 6.42 Å². The van der Waals surface area contributed by atoms with Gasteiger partial charge in [0.2, 0.25) is 11.7 Å². The lowest BCUT2D eigenvalue weighted by molar-refractivity contribution is -0.122. The SMILES string of the molecule is CCc1noc(C(=O)C(CC)NC(=O)C(N)CS(=O)(=O)CC2CC2)n1. The topological polar surface area (TPSA) is 145 Å². The van der Waals surface area contributed by atoms with Crippen molar-refractivity contribution in [3.63, 3.8) is 0 Å². The van der Waals surface area contributed by atoms with Crippen molar-refractivity contribution in [3.05, 3.63) is 11.7 Å². The zero-order valence-electron chi connectivity index (χ0n) is 14.4.